The van der Waals surface area contributed by atoms with E-state index >= 15 is 0 Å². The van der Waals surface area contributed by atoms with Gasteiger partial charge in [0.1, 0.15) is 11.6 Å². The van der Waals surface area contributed by atoms with Gasteiger partial charge in [0.2, 0.25) is 0 Å². The monoisotopic (exact) mass is 169 g/mol. The lowest BCUT2D eigenvalue weighted by Gasteiger charge is -2.08. The molecular weight excluding hydrogens is 158 g/mol. The van der Waals surface area contributed by atoms with Crippen LogP contribution in [0.2, 0.25) is 0 Å². The zero-order chi connectivity index (χ0) is 9.14. The van der Waals surface area contributed by atoms with Gasteiger partial charge in [-0.3, -0.25) is 0 Å². The van der Waals surface area contributed by atoms with Crippen LogP contribution in [0.3, 0.4) is 0 Å². The molecule has 2 heteroatoms. The molecule has 0 fully saturated rings. The van der Waals surface area contributed by atoms with Gasteiger partial charge in [0.05, 0.1) is 0 Å². The van der Waals surface area contributed by atoms with Crippen LogP contribution in [0.5, 0.6) is 0 Å². The van der Waals surface area contributed by atoms with Crippen LogP contribution in [0.15, 0.2) is 18.2 Å². The predicted octanol–water partition coefficient (Wildman–Crippen LogP) is 3.32. The van der Waals surface area contributed by atoms with Gasteiger partial charge in [-0.15, -0.1) is 0 Å². The molecule has 0 bridgehead atoms. The van der Waals surface area contributed by atoms with Gasteiger partial charge in [-0.05, 0) is 18.1 Å². The van der Waals surface area contributed by atoms with Crippen molar-refractivity contribution in [2.24, 2.45) is 0 Å². The summed E-state index contributed by atoms with van der Waals surface area (Å²) in [6, 6.07) is 3.66. The first-order valence-corrected chi connectivity index (χ1v) is 3.93. The highest BCUT2D eigenvalue weighted by atomic mass is 19.1. The molecule has 0 amide bonds. The smallest absolute Gasteiger partial charge is 0.129 e. The first-order valence-electron chi connectivity index (χ1n) is 3.93. The molecule has 0 nitrogen and oxygen atoms in total. The van der Waals surface area contributed by atoms with Crippen LogP contribution >= 0.6 is 0 Å². The number of hydrogen-bond acceptors (Lipinski definition) is 0. The lowest BCUT2D eigenvalue weighted by atomic mass is 9.98. The second kappa shape index (κ2) is 3.65. The van der Waals surface area contributed by atoms with Crippen molar-refractivity contribution >= 4 is 0 Å². The van der Waals surface area contributed by atoms with Crippen LogP contribution in [-0.4, -0.2) is 0 Å². The normalized spacial score (nSPS) is 10.8. The Labute approximate surface area is 71.2 Å². The van der Waals surface area contributed by atoms with Crippen molar-refractivity contribution in [2.45, 2.75) is 20.3 Å². The van der Waals surface area contributed by atoms with E-state index in [9.17, 15) is 8.78 Å². The van der Waals surface area contributed by atoms with Gasteiger partial charge >= 0.3 is 0 Å². The van der Waals surface area contributed by atoms with Gasteiger partial charge in [-0.1, -0.05) is 19.9 Å². The maximum Gasteiger partial charge on any atom is 0.129 e. The number of halogens is 2. The summed E-state index contributed by atoms with van der Waals surface area (Å²) in [5, 5.41) is 0. The van der Waals surface area contributed by atoms with E-state index in [0.29, 0.717) is 5.56 Å². The molecule has 0 heterocycles. The Balaban J connectivity index is 3.01. The van der Waals surface area contributed by atoms with Gasteiger partial charge in [-0.2, -0.15) is 0 Å². The SMILES string of the molecule is CC[C](C)c1ccc(F)cc1F. The topological polar surface area (TPSA) is 0 Å². The molecule has 0 saturated heterocycles. The highest BCUT2D eigenvalue weighted by Crippen LogP contribution is 2.20. The Hall–Kier alpha value is -0.920. The Morgan fingerprint density at radius 2 is 2.00 bits per heavy atom. The highest BCUT2D eigenvalue weighted by molar-refractivity contribution is 5.30. The van der Waals surface area contributed by atoms with Gasteiger partial charge < -0.3 is 0 Å². The summed E-state index contributed by atoms with van der Waals surface area (Å²) in [6.07, 6.45) is 0.780. The average molecular weight is 169 g/mol. The zero-order valence-electron chi connectivity index (χ0n) is 7.20. The molecule has 0 aliphatic heterocycles. The maximum atomic E-state index is 13.0. The Bertz CT molecular complexity index is 269. The molecule has 0 spiro atoms. The summed E-state index contributed by atoms with van der Waals surface area (Å²) >= 11 is 0. The molecule has 0 saturated carbocycles. The minimum Gasteiger partial charge on any atom is -0.207 e. The maximum absolute atomic E-state index is 13.0. The second-order valence-corrected chi connectivity index (χ2v) is 2.76. The summed E-state index contributed by atoms with van der Waals surface area (Å²) < 4.78 is 25.5. The minimum atomic E-state index is -0.528. The largest absolute Gasteiger partial charge is 0.207 e. The van der Waals surface area contributed by atoms with E-state index < -0.39 is 11.6 Å². The van der Waals surface area contributed by atoms with Crippen molar-refractivity contribution in [3.05, 3.63) is 41.3 Å². The standard InChI is InChI=1S/C10H11F2/c1-3-7(2)9-5-4-8(11)6-10(9)12/h4-6H,3H2,1-2H3. The molecule has 12 heavy (non-hydrogen) atoms. The minimum absolute atomic E-state index is 0.477. The van der Waals surface area contributed by atoms with Gasteiger partial charge in [0, 0.05) is 12.0 Å². The lowest BCUT2D eigenvalue weighted by Crippen LogP contribution is -1.97. The van der Waals surface area contributed by atoms with E-state index in [2.05, 4.69) is 0 Å². The Kier molecular flexibility index (Phi) is 2.79. The van der Waals surface area contributed by atoms with Crippen molar-refractivity contribution in [1.29, 1.82) is 0 Å². The van der Waals surface area contributed by atoms with Gasteiger partial charge in [0.15, 0.2) is 0 Å². The fourth-order valence-electron chi connectivity index (χ4n) is 1.03. The third-order valence-electron chi connectivity index (χ3n) is 1.92. The molecular formula is C10H11F2. The van der Waals surface area contributed by atoms with Gasteiger partial charge in [-0.25, -0.2) is 8.78 Å². The van der Waals surface area contributed by atoms with Crippen LogP contribution in [0.25, 0.3) is 0 Å². The van der Waals surface area contributed by atoms with E-state index in [1.807, 2.05) is 13.8 Å². The predicted molar refractivity (Wildman–Crippen MR) is 44.7 cm³/mol. The van der Waals surface area contributed by atoms with Crippen molar-refractivity contribution < 1.29 is 8.78 Å². The van der Waals surface area contributed by atoms with Crippen LogP contribution in [0, 0.1) is 17.6 Å². The number of hydrogen-bond donors (Lipinski definition) is 0. The first-order chi connectivity index (χ1) is 5.65. The second-order valence-electron chi connectivity index (χ2n) is 2.76. The van der Waals surface area contributed by atoms with Crippen LogP contribution in [0.1, 0.15) is 25.8 Å². The summed E-state index contributed by atoms with van der Waals surface area (Å²) in [6.45, 7) is 3.79. The lowest BCUT2D eigenvalue weighted by molar-refractivity contribution is 0.574. The van der Waals surface area contributed by atoms with Crippen LogP contribution in [0.4, 0.5) is 8.78 Å². The highest BCUT2D eigenvalue weighted by Gasteiger charge is 2.09. The third-order valence-corrected chi connectivity index (χ3v) is 1.92. The molecule has 1 aromatic carbocycles. The van der Waals surface area contributed by atoms with Crippen LogP contribution in [-0.2, 0) is 0 Å². The quantitative estimate of drug-likeness (QED) is 0.637. The van der Waals surface area contributed by atoms with E-state index in [4.69, 9.17) is 0 Å². The van der Waals surface area contributed by atoms with Crippen molar-refractivity contribution in [1.82, 2.24) is 0 Å². The summed E-state index contributed by atoms with van der Waals surface area (Å²) in [4.78, 5) is 0. The van der Waals surface area contributed by atoms with E-state index in [1.54, 1.807) is 0 Å². The average Bonchev–Trinajstić information content (AvgIpc) is 2.03. The Morgan fingerprint density at radius 1 is 1.33 bits per heavy atom. The Morgan fingerprint density at radius 3 is 2.50 bits per heavy atom. The van der Waals surface area contributed by atoms with Crippen LogP contribution < -0.4 is 0 Å². The molecule has 0 N–H and O–H groups in total. The fraction of sp³-hybridized carbons (Fsp3) is 0.300. The van der Waals surface area contributed by atoms with Crippen molar-refractivity contribution in [3.8, 4) is 0 Å². The van der Waals surface area contributed by atoms with E-state index in [-0.39, 0.29) is 0 Å². The first kappa shape index (κ1) is 9.17. The number of benzene rings is 1. The van der Waals surface area contributed by atoms with E-state index in [1.165, 1.54) is 12.1 Å². The van der Waals surface area contributed by atoms with Gasteiger partial charge in [0.25, 0.3) is 0 Å². The molecule has 65 valence electrons. The molecule has 0 unspecified atom stereocenters. The summed E-state index contributed by atoms with van der Waals surface area (Å²) in [5.74, 6) is -0.0676. The van der Waals surface area contributed by atoms with Crippen molar-refractivity contribution in [3.63, 3.8) is 0 Å². The molecule has 0 aliphatic carbocycles. The molecule has 0 aliphatic rings. The molecule has 1 radical (unpaired) electrons. The fourth-order valence-corrected chi connectivity index (χ4v) is 1.03. The zero-order valence-corrected chi connectivity index (χ0v) is 7.20. The van der Waals surface area contributed by atoms with Crippen molar-refractivity contribution in [2.75, 3.05) is 0 Å². The molecule has 1 aromatic rings. The molecule has 1 rings (SSSR count). The third kappa shape index (κ3) is 1.81. The molecule has 0 atom stereocenters. The number of rotatable bonds is 2. The summed E-state index contributed by atoms with van der Waals surface area (Å²) in [7, 11) is 0. The van der Waals surface area contributed by atoms with E-state index in [0.717, 1.165) is 18.4 Å². The molecule has 0 aromatic heterocycles. The summed E-state index contributed by atoms with van der Waals surface area (Å²) in [5.41, 5.74) is 0.513.